The van der Waals surface area contributed by atoms with Crippen LogP contribution in [0.3, 0.4) is 0 Å². The molecule has 0 unspecified atom stereocenters. The molecule has 1 heterocycles. The van der Waals surface area contributed by atoms with E-state index in [-0.39, 0.29) is 12.4 Å². The molecule has 1 aromatic carbocycles. The van der Waals surface area contributed by atoms with Gasteiger partial charge in [0.1, 0.15) is 24.0 Å². The Labute approximate surface area is 123 Å². The fourth-order valence-electron chi connectivity index (χ4n) is 1.44. The summed E-state index contributed by atoms with van der Waals surface area (Å²) in [6.07, 6.45) is 0. The van der Waals surface area contributed by atoms with Gasteiger partial charge in [0.05, 0.1) is 15.2 Å². The van der Waals surface area contributed by atoms with Crippen molar-refractivity contribution in [2.24, 2.45) is 0 Å². The van der Waals surface area contributed by atoms with Crippen molar-refractivity contribution in [1.82, 2.24) is 4.98 Å². The first-order chi connectivity index (χ1) is 9.10. The van der Waals surface area contributed by atoms with E-state index in [1.54, 1.807) is 31.3 Å². The molecule has 6 heteroatoms. The lowest BCUT2D eigenvalue weighted by Gasteiger charge is -2.09. The van der Waals surface area contributed by atoms with Crippen molar-refractivity contribution < 1.29 is 9.13 Å². The number of hydrogen-bond acceptors (Lipinski definition) is 3. The van der Waals surface area contributed by atoms with Gasteiger partial charge < -0.3 is 10.1 Å². The molecule has 0 spiro atoms. The lowest BCUT2D eigenvalue weighted by Crippen LogP contribution is -2.02. The van der Waals surface area contributed by atoms with E-state index >= 15 is 0 Å². The van der Waals surface area contributed by atoms with Crippen molar-refractivity contribution in [3.63, 3.8) is 0 Å². The topological polar surface area (TPSA) is 34.1 Å². The molecule has 0 bridgehead atoms. The molecule has 2 rings (SSSR count). The molecule has 0 radical (unpaired) electrons. The molecule has 0 aliphatic carbocycles. The number of aromatic nitrogens is 1. The molecular weight excluding hydrogens is 335 g/mol. The highest BCUT2D eigenvalue weighted by Crippen LogP contribution is 2.23. The van der Waals surface area contributed by atoms with Crippen molar-refractivity contribution in [3.05, 3.63) is 51.3 Å². The quantitative estimate of drug-likeness (QED) is 0.899. The van der Waals surface area contributed by atoms with E-state index in [9.17, 15) is 4.39 Å². The summed E-state index contributed by atoms with van der Waals surface area (Å²) in [5, 5.41) is 3.45. The SMILES string of the molecule is CNc1ccc(Cl)c(COc2ccc(F)c(Br)c2)n1. The van der Waals surface area contributed by atoms with Gasteiger partial charge in [-0.05, 0) is 46.3 Å². The van der Waals surface area contributed by atoms with E-state index < -0.39 is 0 Å². The average molecular weight is 346 g/mol. The fourth-order valence-corrected chi connectivity index (χ4v) is 1.96. The Morgan fingerprint density at radius 1 is 1.37 bits per heavy atom. The molecule has 0 saturated carbocycles. The van der Waals surface area contributed by atoms with E-state index in [2.05, 4.69) is 26.2 Å². The normalized spacial score (nSPS) is 10.3. The molecular formula is C13H11BrClFN2O. The Balaban J connectivity index is 2.11. The average Bonchev–Trinajstić information content (AvgIpc) is 2.41. The number of rotatable bonds is 4. The van der Waals surface area contributed by atoms with Crippen LogP contribution in [-0.2, 0) is 6.61 Å². The first-order valence-corrected chi connectivity index (χ1v) is 6.68. The molecule has 0 amide bonds. The van der Waals surface area contributed by atoms with E-state index in [1.807, 2.05) is 0 Å². The molecule has 19 heavy (non-hydrogen) atoms. The van der Waals surface area contributed by atoms with Gasteiger partial charge in [0.15, 0.2) is 0 Å². The third-order valence-corrected chi connectivity index (χ3v) is 3.39. The predicted octanol–water partition coefficient (Wildman–Crippen LogP) is 4.26. The summed E-state index contributed by atoms with van der Waals surface area (Å²) in [6, 6.07) is 7.97. The van der Waals surface area contributed by atoms with E-state index in [0.29, 0.717) is 26.8 Å². The lowest BCUT2D eigenvalue weighted by molar-refractivity contribution is 0.301. The Bertz CT molecular complexity index is 595. The Kier molecular flexibility index (Phi) is 4.61. The molecule has 2 aromatic rings. The minimum absolute atomic E-state index is 0.215. The second kappa shape index (κ2) is 6.21. The second-order valence-electron chi connectivity index (χ2n) is 3.74. The Morgan fingerprint density at radius 2 is 2.16 bits per heavy atom. The number of anilines is 1. The number of nitrogens with zero attached hydrogens (tertiary/aromatic N) is 1. The lowest BCUT2D eigenvalue weighted by atomic mass is 10.3. The summed E-state index contributed by atoms with van der Waals surface area (Å²) < 4.78 is 19.0. The summed E-state index contributed by atoms with van der Waals surface area (Å²) in [7, 11) is 1.78. The fraction of sp³-hybridized carbons (Fsp3) is 0.154. The number of nitrogens with one attached hydrogen (secondary N) is 1. The van der Waals surface area contributed by atoms with E-state index in [1.165, 1.54) is 6.07 Å². The Morgan fingerprint density at radius 3 is 2.84 bits per heavy atom. The third kappa shape index (κ3) is 3.58. The summed E-state index contributed by atoms with van der Waals surface area (Å²) in [4.78, 5) is 4.29. The zero-order chi connectivity index (χ0) is 13.8. The van der Waals surface area contributed by atoms with Gasteiger partial charge in [0, 0.05) is 7.05 Å². The van der Waals surface area contributed by atoms with Crippen molar-refractivity contribution in [3.8, 4) is 5.75 Å². The molecule has 1 aromatic heterocycles. The maximum absolute atomic E-state index is 13.1. The molecule has 0 fully saturated rings. The van der Waals surface area contributed by atoms with Gasteiger partial charge in [-0.3, -0.25) is 0 Å². The molecule has 0 aliphatic rings. The van der Waals surface area contributed by atoms with Gasteiger partial charge in [-0.2, -0.15) is 0 Å². The number of pyridine rings is 1. The van der Waals surface area contributed by atoms with Crippen LogP contribution in [0.25, 0.3) is 0 Å². The van der Waals surface area contributed by atoms with Crippen molar-refractivity contribution in [2.75, 3.05) is 12.4 Å². The van der Waals surface area contributed by atoms with Crippen LogP contribution in [0, 0.1) is 5.82 Å². The standard InChI is InChI=1S/C13H11BrClFN2O/c1-17-13-5-3-10(15)12(18-13)7-19-8-2-4-11(16)9(14)6-8/h2-6H,7H2,1H3,(H,17,18). The summed E-state index contributed by atoms with van der Waals surface area (Å²) in [5.41, 5.74) is 0.619. The first-order valence-electron chi connectivity index (χ1n) is 5.51. The Hall–Kier alpha value is -1.33. The smallest absolute Gasteiger partial charge is 0.137 e. The van der Waals surface area contributed by atoms with Gasteiger partial charge in [0.25, 0.3) is 0 Å². The van der Waals surface area contributed by atoms with Crippen LogP contribution in [0.4, 0.5) is 10.2 Å². The number of halogens is 3. The molecule has 0 saturated heterocycles. The zero-order valence-corrected chi connectivity index (χ0v) is 12.4. The zero-order valence-electron chi connectivity index (χ0n) is 10.1. The monoisotopic (exact) mass is 344 g/mol. The van der Waals surface area contributed by atoms with Crippen LogP contribution in [0.5, 0.6) is 5.75 Å². The largest absolute Gasteiger partial charge is 0.487 e. The third-order valence-electron chi connectivity index (χ3n) is 2.44. The van der Waals surface area contributed by atoms with Gasteiger partial charge in [-0.15, -0.1) is 0 Å². The van der Waals surface area contributed by atoms with Crippen molar-refractivity contribution in [2.45, 2.75) is 6.61 Å². The molecule has 0 aliphatic heterocycles. The van der Waals surface area contributed by atoms with E-state index in [4.69, 9.17) is 16.3 Å². The van der Waals surface area contributed by atoms with Crippen molar-refractivity contribution >= 4 is 33.3 Å². The van der Waals surface area contributed by atoms with Crippen LogP contribution >= 0.6 is 27.5 Å². The molecule has 0 atom stereocenters. The summed E-state index contributed by atoms with van der Waals surface area (Å²) in [6.45, 7) is 0.215. The minimum Gasteiger partial charge on any atom is -0.487 e. The highest BCUT2D eigenvalue weighted by Gasteiger charge is 2.06. The van der Waals surface area contributed by atoms with Crippen molar-refractivity contribution in [1.29, 1.82) is 0 Å². The summed E-state index contributed by atoms with van der Waals surface area (Å²) >= 11 is 9.14. The minimum atomic E-state index is -0.333. The van der Waals surface area contributed by atoms with Gasteiger partial charge in [-0.1, -0.05) is 11.6 Å². The van der Waals surface area contributed by atoms with Gasteiger partial charge in [-0.25, -0.2) is 9.37 Å². The first kappa shape index (κ1) is 14.1. The van der Waals surface area contributed by atoms with Gasteiger partial charge >= 0.3 is 0 Å². The van der Waals surface area contributed by atoms with Crippen LogP contribution in [0.1, 0.15) is 5.69 Å². The second-order valence-corrected chi connectivity index (χ2v) is 5.00. The molecule has 1 N–H and O–H groups in total. The number of hydrogen-bond donors (Lipinski definition) is 1. The molecule has 3 nitrogen and oxygen atoms in total. The maximum atomic E-state index is 13.1. The maximum Gasteiger partial charge on any atom is 0.137 e. The van der Waals surface area contributed by atoms with Gasteiger partial charge in [0.2, 0.25) is 0 Å². The highest BCUT2D eigenvalue weighted by molar-refractivity contribution is 9.10. The summed E-state index contributed by atoms with van der Waals surface area (Å²) in [5.74, 6) is 0.921. The number of benzene rings is 1. The van der Waals surface area contributed by atoms with Crippen LogP contribution in [-0.4, -0.2) is 12.0 Å². The molecule has 100 valence electrons. The van der Waals surface area contributed by atoms with Crippen LogP contribution in [0.15, 0.2) is 34.8 Å². The van der Waals surface area contributed by atoms with E-state index in [0.717, 1.165) is 0 Å². The number of ether oxygens (including phenoxy) is 1. The highest BCUT2D eigenvalue weighted by atomic mass is 79.9. The van der Waals surface area contributed by atoms with Crippen LogP contribution < -0.4 is 10.1 Å². The van der Waals surface area contributed by atoms with Crippen LogP contribution in [0.2, 0.25) is 5.02 Å². The predicted molar refractivity (Wildman–Crippen MR) is 77.2 cm³/mol.